The van der Waals surface area contributed by atoms with Crippen molar-refractivity contribution < 1.29 is 18.3 Å². The third-order valence-corrected chi connectivity index (χ3v) is 2.36. The highest BCUT2D eigenvalue weighted by Gasteiger charge is 2.23. The monoisotopic (exact) mass is 265 g/mol. The summed E-state index contributed by atoms with van der Waals surface area (Å²) in [5.74, 6) is 0.859. The second-order valence-corrected chi connectivity index (χ2v) is 3.84. The van der Waals surface area contributed by atoms with Gasteiger partial charge in [-0.1, -0.05) is 0 Å². The molecular weight excluding hydrogens is 252 g/mol. The molecule has 3 nitrogen and oxygen atoms in total. The first kappa shape index (κ1) is 13.8. The normalized spacial score (nSPS) is 14.3. The molecule has 0 saturated heterocycles. The number of hydrogen-bond acceptors (Lipinski definition) is 3. The SMILES string of the molecule is Cl.Nc1ccc(OC(F)F)c(OCC2CC2)c1. The molecule has 0 spiro atoms. The molecule has 1 aliphatic rings. The standard InChI is InChI=1S/C11H13F2NO2.ClH/c12-11(13)16-9-4-3-8(14)5-10(9)15-6-7-1-2-7;/h3-5,7,11H,1-2,6,14H2;1H. The fraction of sp³-hybridized carbons (Fsp3) is 0.455. The molecule has 0 aromatic heterocycles. The van der Waals surface area contributed by atoms with Crippen molar-refractivity contribution in [3.8, 4) is 11.5 Å². The highest BCUT2D eigenvalue weighted by Crippen LogP contribution is 2.34. The maximum absolute atomic E-state index is 12.1. The molecule has 0 atom stereocenters. The average molecular weight is 266 g/mol. The van der Waals surface area contributed by atoms with E-state index in [9.17, 15) is 8.78 Å². The van der Waals surface area contributed by atoms with E-state index in [4.69, 9.17) is 10.5 Å². The number of benzene rings is 1. The molecule has 2 N–H and O–H groups in total. The number of ether oxygens (including phenoxy) is 2. The van der Waals surface area contributed by atoms with E-state index < -0.39 is 6.61 Å². The van der Waals surface area contributed by atoms with Crippen LogP contribution in [0.5, 0.6) is 11.5 Å². The fourth-order valence-corrected chi connectivity index (χ4v) is 1.32. The first-order valence-corrected chi connectivity index (χ1v) is 5.12. The van der Waals surface area contributed by atoms with Gasteiger partial charge in [-0.15, -0.1) is 12.4 Å². The lowest BCUT2D eigenvalue weighted by Gasteiger charge is -2.12. The van der Waals surface area contributed by atoms with Crippen LogP contribution in [0.15, 0.2) is 18.2 Å². The van der Waals surface area contributed by atoms with Crippen LogP contribution >= 0.6 is 12.4 Å². The molecule has 0 aliphatic heterocycles. The van der Waals surface area contributed by atoms with Gasteiger partial charge in [0.1, 0.15) is 0 Å². The zero-order valence-electron chi connectivity index (χ0n) is 9.07. The predicted octanol–water partition coefficient (Wildman–Crippen LogP) is 3.08. The third-order valence-electron chi connectivity index (χ3n) is 2.36. The van der Waals surface area contributed by atoms with E-state index >= 15 is 0 Å². The number of rotatable bonds is 5. The van der Waals surface area contributed by atoms with E-state index in [0.717, 1.165) is 12.8 Å². The number of hydrogen-bond donors (Lipinski definition) is 1. The Labute approximate surface area is 104 Å². The lowest BCUT2D eigenvalue weighted by atomic mass is 10.3. The molecule has 1 aromatic carbocycles. The lowest BCUT2D eigenvalue weighted by Crippen LogP contribution is -2.06. The highest BCUT2D eigenvalue weighted by atomic mass is 35.5. The van der Waals surface area contributed by atoms with Crippen molar-refractivity contribution in [3.05, 3.63) is 18.2 Å². The quantitative estimate of drug-likeness (QED) is 0.832. The van der Waals surface area contributed by atoms with Gasteiger partial charge in [-0.3, -0.25) is 0 Å². The van der Waals surface area contributed by atoms with Gasteiger partial charge in [0, 0.05) is 11.8 Å². The van der Waals surface area contributed by atoms with Crippen molar-refractivity contribution in [3.63, 3.8) is 0 Å². The minimum absolute atomic E-state index is 0. The molecule has 0 bridgehead atoms. The zero-order valence-corrected chi connectivity index (χ0v) is 9.88. The van der Waals surface area contributed by atoms with Gasteiger partial charge in [-0.2, -0.15) is 8.78 Å². The second kappa shape index (κ2) is 5.91. The maximum Gasteiger partial charge on any atom is 0.387 e. The molecule has 0 radical (unpaired) electrons. The lowest BCUT2D eigenvalue weighted by molar-refractivity contribution is -0.0515. The van der Waals surface area contributed by atoms with Gasteiger partial charge < -0.3 is 15.2 Å². The Morgan fingerprint density at radius 3 is 2.59 bits per heavy atom. The molecular formula is C11H14ClF2NO2. The van der Waals surface area contributed by atoms with E-state index in [2.05, 4.69) is 4.74 Å². The Balaban J connectivity index is 0.00000144. The Bertz CT molecular complexity index is 372. The Morgan fingerprint density at radius 1 is 1.29 bits per heavy atom. The first-order chi connectivity index (χ1) is 7.65. The molecule has 96 valence electrons. The van der Waals surface area contributed by atoms with Gasteiger partial charge in [0.25, 0.3) is 0 Å². The number of halogens is 3. The fourth-order valence-electron chi connectivity index (χ4n) is 1.32. The zero-order chi connectivity index (χ0) is 11.5. The summed E-state index contributed by atoms with van der Waals surface area (Å²) in [4.78, 5) is 0. The van der Waals surface area contributed by atoms with Crippen molar-refractivity contribution in [2.75, 3.05) is 12.3 Å². The maximum atomic E-state index is 12.1. The summed E-state index contributed by atoms with van der Waals surface area (Å²) in [6.45, 7) is -2.32. The van der Waals surface area contributed by atoms with Crippen LogP contribution in [0.4, 0.5) is 14.5 Å². The van der Waals surface area contributed by atoms with Gasteiger partial charge in [-0.05, 0) is 30.9 Å². The van der Waals surface area contributed by atoms with E-state index in [1.54, 1.807) is 0 Å². The van der Waals surface area contributed by atoms with Gasteiger partial charge in [0.05, 0.1) is 6.61 Å². The van der Waals surface area contributed by atoms with Gasteiger partial charge in [0.15, 0.2) is 11.5 Å². The van der Waals surface area contributed by atoms with Crippen molar-refractivity contribution >= 4 is 18.1 Å². The summed E-state index contributed by atoms with van der Waals surface area (Å²) >= 11 is 0. The molecule has 17 heavy (non-hydrogen) atoms. The Hall–Kier alpha value is -1.23. The summed E-state index contributed by atoms with van der Waals surface area (Å²) in [5.41, 5.74) is 6.02. The molecule has 0 heterocycles. The second-order valence-electron chi connectivity index (χ2n) is 3.84. The topological polar surface area (TPSA) is 44.5 Å². The molecule has 1 saturated carbocycles. The predicted molar refractivity (Wildman–Crippen MR) is 63.0 cm³/mol. The molecule has 0 unspecified atom stereocenters. The molecule has 1 aromatic rings. The summed E-state index contributed by atoms with van der Waals surface area (Å²) in [6.07, 6.45) is 2.26. The van der Waals surface area contributed by atoms with Crippen LogP contribution in [0.1, 0.15) is 12.8 Å². The highest BCUT2D eigenvalue weighted by molar-refractivity contribution is 5.85. The van der Waals surface area contributed by atoms with Crippen molar-refractivity contribution in [2.45, 2.75) is 19.5 Å². The van der Waals surface area contributed by atoms with Crippen molar-refractivity contribution in [2.24, 2.45) is 5.92 Å². The molecule has 1 aliphatic carbocycles. The number of anilines is 1. The summed E-state index contributed by atoms with van der Waals surface area (Å²) in [6, 6.07) is 4.39. The van der Waals surface area contributed by atoms with Crippen LogP contribution in [0, 0.1) is 5.92 Å². The van der Waals surface area contributed by atoms with Gasteiger partial charge in [-0.25, -0.2) is 0 Å². The van der Waals surface area contributed by atoms with Crippen LogP contribution in [0.25, 0.3) is 0 Å². The minimum Gasteiger partial charge on any atom is -0.489 e. The minimum atomic E-state index is -2.85. The molecule has 6 heteroatoms. The number of nitrogens with two attached hydrogens (primary N) is 1. The van der Waals surface area contributed by atoms with Gasteiger partial charge in [0.2, 0.25) is 0 Å². The smallest absolute Gasteiger partial charge is 0.387 e. The molecule has 2 rings (SSSR count). The Kier molecular flexibility index (Phi) is 4.81. The van der Waals surface area contributed by atoms with E-state index in [-0.39, 0.29) is 23.9 Å². The van der Waals surface area contributed by atoms with Crippen LogP contribution in [-0.4, -0.2) is 13.2 Å². The largest absolute Gasteiger partial charge is 0.489 e. The molecule has 0 amide bonds. The van der Waals surface area contributed by atoms with Crippen molar-refractivity contribution in [1.29, 1.82) is 0 Å². The van der Waals surface area contributed by atoms with Crippen LogP contribution in [0.3, 0.4) is 0 Å². The summed E-state index contributed by atoms with van der Waals surface area (Å²) in [7, 11) is 0. The molecule has 1 fully saturated rings. The summed E-state index contributed by atoms with van der Waals surface area (Å²) < 4.78 is 34.0. The van der Waals surface area contributed by atoms with Crippen LogP contribution in [-0.2, 0) is 0 Å². The average Bonchev–Trinajstić information content (AvgIpc) is 3.01. The van der Waals surface area contributed by atoms with Crippen LogP contribution < -0.4 is 15.2 Å². The van der Waals surface area contributed by atoms with Gasteiger partial charge >= 0.3 is 6.61 Å². The first-order valence-electron chi connectivity index (χ1n) is 5.12. The third kappa shape index (κ3) is 4.26. The number of nitrogen functional groups attached to an aromatic ring is 1. The van der Waals surface area contributed by atoms with Crippen LogP contribution in [0.2, 0.25) is 0 Å². The van der Waals surface area contributed by atoms with E-state index in [0.29, 0.717) is 18.2 Å². The van der Waals surface area contributed by atoms with E-state index in [1.807, 2.05) is 0 Å². The summed E-state index contributed by atoms with van der Waals surface area (Å²) in [5, 5.41) is 0. The Morgan fingerprint density at radius 2 is 2.00 bits per heavy atom. The van der Waals surface area contributed by atoms with E-state index in [1.165, 1.54) is 18.2 Å². The van der Waals surface area contributed by atoms with Crippen molar-refractivity contribution in [1.82, 2.24) is 0 Å². The number of alkyl halides is 2.